The van der Waals surface area contributed by atoms with Crippen molar-refractivity contribution in [2.75, 3.05) is 16.8 Å². The summed E-state index contributed by atoms with van der Waals surface area (Å²) >= 11 is 0. The Labute approximate surface area is 242 Å². The molecule has 9 heteroatoms. The summed E-state index contributed by atoms with van der Waals surface area (Å²) in [6, 6.07) is 29.2. The maximum Gasteiger partial charge on any atom is 0.335 e. The molecule has 4 aromatic carbocycles. The normalized spacial score (nSPS) is 14.0. The van der Waals surface area contributed by atoms with Crippen LogP contribution in [0.4, 0.5) is 16.2 Å². The topological polar surface area (TPSA) is 114 Å². The first kappa shape index (κ1) is 27.9. The fourth-order valence-corrected chi connectivity index (χ4v) is 4.13. The summed E-state index contributed by atoms with van der Waals surface area (Å²) in [5.41, 5.74) is 3.38. The predicted molar refractivity (Wildman–Crippen MR) is 158 cm³/mol. The summed E-state index contributed by atoms with van der Waals surface area (Å²) in [6.45, 7) is 2.14. The van der Waals surface area contributed by atoms with Crippen molar-refractivity contribution in [3.05, 3.63) is 125 Å². The van der Waals surface area contributed by atoms with Crippen LogP contribution in [0.5, 0.6) is 11.5 Å². The van der Waals surface area contributed by atoms with E-state index in [9.17, 15) is 19.2 Å². The minimum absolute atomic E-state index is 0.192. The molecule has 0 radical (unpaired) electrons. The Hall–Kier alpha value is -5.70. The van der Waals surface area contributed by atoms with Crippen LogP contribution < -0.4 is 25.0 Å². The van der Waals surface area contributed by atoms with Gasteiger partial charge in [0.15, 0.2) is 6.61 Å². The lowest BCUT2D eigenvalue weighted by Gasteiger charge is -2.26. The number of hydrogen-bond acceptors (Lipinski definition) is 6. The van der Waals surface area contributed by atoms with Crippen LogP contribution in [0.3, 0.4) is 0 Å². The number of anilines is 2. The Morgan fingerprint density at radius 1 is 0.810 bits per heavy atom. The lowest BCUT2D eigenvalue weighted by molar-refractivity contribution is -0.122. The van der Waals surface area contributed by atoms with Gasteiger partial charge in [0, 0.05) is 5.69 Å². The third-order valence-corrected chi connectivity index (χ3v) is 6.34. The number of amides is 5. The zero-order valence-electron chi connectivity index (χ0n) is 22.7. The van der Waals surface area contributed by atoms with Gasteiger partial charge in [-0.3, -0.25) is 19.7 Å². The highest BCUT2D eigenvalue weighted by atomic mass is 16.5. The Kier molecular flexibility index (Phi) is 8.39. The Morgan fingerprint density at radius 3 is 2.14 bits per heavy atom. The minimum atomic E-state index is -0.840. The second kappa shape index (κ2) is 12.6. The molecule has 1 fully saturated rings. The number of carbonyl (C=O) groups is 4. The van der Waals surface area contributed by atoms with E-state index in [1.165, 1.54) is 6.08 Å². The maximum atomic E-state index is 13.2. The van der Waals surface area contributed by atoms with Crippen LogP contribution in [0.25, 0.3) is 6.08 Å². The zero-order valence-corrected chi connectivity index (χ0v) is 22.7. The van der Waals surface area contributed by atoms with Crippen LogP contribution >= 0.6 is 0 Å². The molecular weight excluding hydrogens is 534 g/mol. The van der Waals surface area contributed by atoms with E-state index in [4.69, 9.17) is 9.47 Å². The number of imide groups is 2. The fraction of sp³-hybridized carbons (Fsp3) is 0.0909. The zero-order chi connectivity index (χ0) is 29.5. The third kappa shape index (κ3) is 6.89. The maximum absolute atomic E-state index is 13.2. The molecule has 0 atom stereocenters. The van der Waals surface area contributed by atoms with Gasteiger partial charge < -0.3 is 14.8 Å². The molecule has 42 heavy (non-hydrogen) atoms. The fourth-order valence-electron chi connectivity index (χ4n) is 4.13. The van der Waals surface area contributed by atoms with E-state index in [2.05, 4.69) is 10.6 Å². The number of rotatable bonds is 9. The van der Waals surface area contributed by atoms with Gasteiger partial charge in [-0.15, -0.1) is 0 Å². The van der Waals surface area contributed by atoms with Gasteiger partial charge in [0.1, 0.15) is 23.7 Å². The number of carbonyl (C=O) groups excluding carboxylic acids is 4. The van der Waals surface area contributed by atoms with Gasteiger partial charge in [0.05, 0.1) is 5.69 Å². The monoisotopic (exact) mass is 561 g/mol. The molecule has 1 heterocycles. The summed E-state index contributed by atoms with van der Waals surface area (Å²) in [5, 5.41) is 4.97. The number of benzene rings is 4. The molecule has 0 aliphatic carbocycles. The molecule has 0 aromatic heterocycles. The van der Waals surface area contributed by atoms with Crippen molar-refractivity contribution in [1.29, 1.82) is 0 Å². The van der Waals surface area contributed by atoms with Crippen LogP contribution in [0.2, 0.25) is 0 Å². The highest BCUT2D eigenvalue weighted by Crippen LogP contribution is 2.25. The summed E-state index contributed by atoms with van der Waals surface area (Å²) in [6.07, 6.45) is 1.39. The number of hydrogen-bond donors (Lipinski definition) is 2. The second-order valence-corrected chi connectivity index (χ2v) is 9.50. The van der Waals surface area contributed by atoms with Crippen LogP contribution in [-0.4, -0.2) is 30.4 Å². The molecule has 0 spiro atoms. The summed E-state index contributed by atoms with van der Waals surface area (Å²) in [4.78, 5) is 51.4. The lowest BCUT2D eigenvalue weighted by atomic mass is 10.1. The minimum Gasteiger partial charge on any atom is -0.489 e. The third-order valence-electron chi connectivity index (χ3n) is 6.34. The van der Waals surface area contributed by atoms with E-state index < -0.39 is 17.8 Å². The van der Waals surface area contributed by atoms with E-state index in [-0.39, 0.29) is 23.8 Å². The van der Waals surface area contributed by atoms with Gasteiger partial charge >= 0.3 is 6.03 Å². The average Bonchev–Trinajstić information content (AvgIpc) is 3.00. The van der Waals surface area contributed by atoms with E-state index in [0.29, 0.717) is 29.4 Å². The van der Waals surface area contributed by atoms with Gasteiger partial charge in [0.2, 0.25) is 0 Å². The van der Waals surface area contributed by atoms with Crippen molar-refractivity contribution >= 4 is 41.2 Å². The van der Waals surface area contributed by atoms with Gasteiger partial charge in [-0.25, -0.2) is 9.69 Å². The highest BCUT2D eigenvalue weighted by molar-refractivity contribution is 6.39. The number of aryl methyl sites for hydroxylation is 1. The molecule has 5 rings (SSSR count). The van der Waals surface area contributed by atoms with Gasteiger partial charge in [0.25, 0.3) is 17.7 Å². The van der Waals surface area contributed by atoms with Crippen LogP contribution in [0.15, 0.2) is 109 Å². The Morgan fingerprint density at radius 2 is 1.45 bits per heavy atom. The van der Waals surface area contributed by atoms with E-state index >= 15 is 0 Å². The average molecular weight is 562 g/mol. The van der Waals surface area contributed by atoms with Gasteiger partial charge in [-0.2, -0.15) is 0 Å². The first-order valence-electron chi connectivity index (χ1n) is 13.1. The molecule has 1 aliphatic heterocycles. The van der Waals surface area contributed by atoms with E-state index in [1.54, 1.807) is 48.5 Å². The quantitative estimate of drug-likeness (QED) is 0.213. The van der Waals surface area contributed by atoms with Crippen LogP contribution in [0, 0.1) is 6.92 Å². The highest BCUT2D eigenvalue weighted by Gasteiger charge is 2.36. The molecular formula is C33H27N3O6. The van der Waals surface area contributed by atoms with Gasteiger partial charge in [-0.05, 0) is 72.7 Å². The standard InChI is InChI=1S/C33H27N3O6/c1-22-7-11-25(12-8-22)34-30(37)21-42-27-15-9-23(10-16-27)19-29-31(38)35-33(40)36(32(29)39)26-13-17-28(18-14-26)41-20-24-5-3-2-4-6-24/h2-19H,20-21H2,1H3,(H,34,37)(H,35,38,40)/b29-19+. The largest absolute Gasteiger partial charge is 0.489 e. The first-order valence-corrected chi connectivity index (χ1v) is 13.1. The second-order valence-electron chi connectivity index (χ2n) is 9.50. The van der Waals surface area contributed by atoms with Crippen molar-refractivity contribution in [3.8, 4) is 11.5 Å². The number of ether oxygens (including phenoxy) is 2. The molecule has 0 unspecified atom stereocenters. The summed E-state index contributed by atoms with van der Waals surface area (Å²) < 4.78 is 11.3. The van der Waals surface area contributed by atoms with Crippen molar-refractivity contribution in [1.82, 2.24) is 5.32 Å². The number of nitrogens with zero attached hydrogens (tertiary/aromatic N) is 1. The summed E-state index contributed by atoms with van der Waals surface area (Å²) in [5.74, 6) is -0.863. The van der Waals surface area contributed by atoms with Crippen molar-refractivity contribution < 1.29 is 28.7 Å². The Bertz CT molecular complexity index is 1630. The molecule has 210 valence electrons. The predicted octanol–water partition coefficient (Wildman–Crippen LogP) is 5.26. The van der Waals surface area contributed by atoms with Gasteiger partial charge in [-0.1, -0.05) is 60.2 Å². The smallest absolute Gasteiger partial charge is 0.335 e. The first-order chi connectivity index (χ1) is 20.4. The lowest BCUT2D eigenvalue weighted by Crippen LogP contribution is -2.54. The molecule has 5 amide bonds. The van der Waals surface area contributed by atoms with E-state index in [1.807, 2.05) is 61.5 Å². The number of nitrogens with one attached hydrogen (secondary N) is 2. The molecule has 9 nitrogen and oxygen atoms in total. The Balaban J connectivity index is 1.21. The SMILES string of the molecule is Cc1ccc(NC(=O)COc2ccc(/C=C3\C(=O)NC(=O)N(c4ccc(OCc5ccccc5)cc4)C3=O)cc2)cc1. The molecule has 0 saturated carbocycles. The molecule has 1 aliphatic rings. The summed E-state index contributed by atoms with van der Waals surface area (Å²) in [7, 11) is 0. The molecule has 4 aromatic rings. The molecule has 2 N–H and O–H groups in total. The molecule has 0 bridgehead atoms. The molecule has 1 saturated heterocycles. The van der Waals surface area contributed by atoms with Crippen molar-refractivity contribution in [3.63, 3.8) is 0 Å². The van der Waals surface area contributed by atoms with Crippen LogP contribution in [0.1, 0.15) is 16.7 Å². The van der Waals surface area contributed by atoms with Crippen LogP contribution in [-0.2, 0) is 21.0 Å². The van der Waals surface area contributed by atoms with Crippen molar-refractivity contribution in [2.24, 2.45) is 0 Å². The number of barbiturate groups is 1. The van der Waals surface area contributed by atoms with Crippen molar-refractivity contribution in [2.45, 2.75) is 13.5 Å². The van der Waals surface area contributed by atoms with E-state index in [0.717, 1.165) is 16.0 Å². The number of urea groups is 1.